The molecule has 0 bridgehead atoms. The van der Waals surface area contributed by atoms with Crippen molar-refractivity contribution >= 4 is 34.4 Å². The van der Waals surface area contributed by atoms with Gasteiger partial charge in [-0.1, -0.05) is 24.3 Å². The zero-order valence-corrected chi connectivity index (χ0v) is 12.3. The van der Waals surface area contributed by atoms with Crippen LogP contribution < -0.4 is 0 Å². The standard InChI is InChI=1S/C18H10N2O4/c21-18-17-13(5-3-7-15(17)20(22)23)16(24-18)10-11-8-9-19-14-6-2-1-4-12(11)14/h1-10H/b16-10+. The number of benzene rings is 2. The van der Waals surface area contributed by atoms with Crippen molar-refractivity contribution in [2.45, 2.75) is 0 Å². The predicted molar refractivity (Wildman–Crippen MR) is 88.1 cm³/mol. The maximum absolute atomic E-state index is 12.1. The average molecular weight is 318 g/mol. The molecule has 2 aromatic carbocycles. The highest BCUT2D eigenvalue weighted by molar-refractivity contribution is 6.09. The van der Waals surface area contributed by atoms with Gasteiger partial charge in [0.25, 0.3) is 5.69 Å². The van der Waals surface area contributed by atoms with Crippen LogP contribution in [0.25, 0.3) is 22.7 Å². The Kier molecular flexibility index (Phi) is 3.09. The van der Waals surface area contributed by atoms with Crippen molar-refractivity contribution in [3.05, 3.63) is 81.5 Å². The van der Waals surface area contributed by atoms with E-state index >= 15 is 0 Å². The highest BCUT2D eigenvalue weighted by Crippen LogP contribution is 2.37. The largest absolute Gasteiger partial charge is 0.422 e. The van der Waals surface area contributed by atoms with Crippen molar-refractivity contribution in [1.82, 2.24) is 4.98 Å². The molecule has 0 spiro atoms. The maximum atomic E-state index is 12.1. The van der Waals surface area contributed by atoms with Crippen LogP contribution in [0.4, 0.5) is 5.69 Å². The van der Waals surface area contributed by atoms with Crippen LogP contribution in [0.2, 0.25) is 0 Å². The molecule has 1 aromatic heterocycles. The second-order valence-electron chi connectivity index (χ2n) is 5.27. The Morgan fingerprint density at radius 3 is 2.75 bits per heavy atom. The van der Waals surface area contributed by atoms with Crippen molar-refractivity contribution in [1.29, 1.82) is 0 Å². The third-order valence-electron chi connectivity index (χ3n) is 3.88. The van der Waals surface area contributed by atoms with Gasteiger partial charge in [-0.3, -0.25) is 15.1 Å². The first-order valence-corrected chi connectivity index (χ1v) is 7.20. The molecule has 0 aliphatic carbocycles. The average Bonchev–Trinajstić information content (AvgIpc) is 2.91. The quantitative estimate of drug-likeness (QED) is 0.407. The molecule has 1 aliphatic rings. The van der Waals surface area contributed by atoms with Crippen LogP contribution in [0.3, 0.4) is 0 Å². The molecule has 0 unspecified atom stereocenters. The third-order valence-corrected chi connectivity index (χ3v) is 3.88. The Hall–Kier alpha value is -3.54. The Morgan fingerprint density at radius 2 is 1.92 bits per heavy atom. The van der Waals surface area contributed by atoms with E-state index in [2.05, 4.69) is 4.98 Å². The summed E-state index contributed by atoms with van der Waals surface area (Å²) in [5.74, 6) is -0.406. The lowest BCUT2D eigenvalue weighted by molar-refractivity contribution is -0.385. The second kappa shape index (κ2) is 5.27. The van der Waals surface area contributed by atoms with Crippen molar-refractivity contribution in [3.63, 3.8) is 0 Å². The van der Waals surface area contributed by atoms with Gasteiger partial charge in [-0.25, -0.2) is 4.79 Å². The van der Waals surface area contributed by atoms with Gasteiger partial charge in [-0.05, 0) is 29.8 Å². The summed E-state index contributed by atoms with van der Waals surface area (Å²) < 4.78 is 5.27. The summed E-state index contributed by atoms with van der Waals surface area (Å²) in [7, 11) is 0. The number of rotatable bonds is 2. The highest BCUT2D eigenvalue weighted by Gasteiger charge is 2.34. The van der Waals surface area contributed by atoms with Gasteiger partial charge in [0, 0.05) is 23.2 Å². The van der Waals surface area contributed by atoms with Crippen LogP contribution in [-0.2, 0) is 4.74 Å². The summed E-state index contributed by atoms with van der Waals surface area (Å²) in [4.78, 5) is 26.9. The van der Waals surface area contributed by atoms with Gasteiger partial charge in [0.15, 0.2) is 0 Å². The minimum absolute atomic E-state index is 0.00730. The van der Waals surface area contributed by atoms with Gasteiger partial charge in [-0.15, -0.1) is 0 Å². The molecule has 0 radical (unpaired) electrons. The molecular formula is C18H10N2O4. The summed E-state index contributed by atoms with van der Waals surface area (Å²) in [5, 5.41) is 12.0. The predicted octanol–water partition coefficient (Wildman–Crippen LogP) is 3.81. The fourth-order valence-electron chi connectivity index (χ4n) is 2.81. The summed E-state index contributed by atoms with van der Waals surface area (Å²) in [6.07, 6.45) is 3.37. The second-order valence-corrected chi connectivity index (χ2v) is 5.27. The number of nitro groups is 1. The highest BCUT2D eigenvalue weighted by atomic mass is 16.6. The zero-order chi connectivity index (χ0) is 16.7. The summed E-state index contributed by atoms with van der Waals surface area (Å²) >= 11 is 0. The molecule has 116 valence electrons. The fraction of sp³-hybridized carbons (Fsp3) is 0. The molecule has 2 heterocycles. The lowest BCUT2D eigenvalue weighted by atomic mass is 10.0. The number of aromatic nitrogens is 1. The summed E-state index contributed by atoms with van der Waals surface area (Å²) in [6.45, 7) is 0. The lowest BCUT2D eigenvalue weighted by Crippen LogP contribution is -2.00. The number of hydrogen-bond acceptors (Lipinski definition) is 5. The van der Waals surface area contributed by atoms with E-state index in [1.54, 1.807) is 24.4 Å². The Bertz CT molecular complexity index is 1030. The first kappa shape index (κ1) is 14.1. The molecule has 0 saturated carbocycles. The van der Waals surface area contributed by atoms with Crippen LogP contribution >= 0.6 is 0 Å². The van der Waals surface area contributed by atoms with E-state index in [-0.39, 0.29) is 11.3 Å². The maximum Gasteiger partial charge on any atom is 0.351 e. The summed E-state index contributed by atoms with van der Waals surface area (Å²) in [5.41, 5.74) is 1.81. The molecule has 0 fully saturated rings. The molecule has 6 nitrogen and oxygen atoms in total. The van der Waals surface area contributed by atoms with E-state index in [1.807, 2.05) is 24.3 Å². The third kappa shape index (κ3) is 2.13. The molecule has 4 rings (SSSR count). The molecule has 24 heavy (non-hydrogen) atoms. The number of para-hydroxylation sites is 1. The molecule has 0 N–H and O–H groups in total. The Morgan fingerprint density at radius 1 is 1.08 bits per heavy atom. The van der Waals surface area contributed by atoms with E-state index in [0.717, 1.165) is 16.5 Å². The molecule has 6 heteroatoms. The molecule has 3 aromatic rings. The number of hydrogen-bond donors (Lipinski definition) is 0. The monoisotopic (exact) mass is 318 g/mol. The fourth-order valence-corrected chi connectivity index (χ4v) is 2.81. The molecule has 1 aliphatic heterocycles. The molecule has 0 amide bonds. The number of cyclic esters (lactones) is 1. The minimum Gasteiger partial charge on any atom is -0.422 e. The van der Waals surface area contributed by atoms with E-state index in [0.29, 0.717) is 11.3 Å². The molecular weight excluding hydrogens is 308 g/mol. The van der Waals surface area contributed by atoms with Crippen molar-refractivity contribution in [3.8, 4) is 0 Å². The van der Waals surface area contributed by atoms with Gasteiger partial charge < -0.3 is 4.74 Å². The first-order chi connectivity index (χ1) is 11.6. The van der Waals surface area contributed by atoms with Gasteiger partial charge >= 0.3 is 5.97 Å². The lowest BCUT2D eigenvalue weighted by Gasteiger charge is -2.03. The van der Waals surface area contributed by atoms with Crippen LogP contribution in [-0.4, -0.2) is 15.9 Å². The normalized spacial score (nSPS) is 14.7. The Labute approximate surface area is 136 Å². The van der Waals surface area contributed by atoms with Gasteiger partial charge in [0.2, 0.25) is 0 Å². The zero-order valence-electron chi connectivity index (χ0n) is 12.3. The van der Waals surface area contributed by atoms with Gasteiger partial charge in [0.1, 0.15) is 11.3 Å². The van der Waals surface area contributed by atoms with Crippen LogP contribution in [0.1, 0.15) is 21.5 Å². The van der Waals surface area contributed by atoms with Crippen molar-refractivity contribution < 1.29 is 14.5 Å². The number of carbonyl (C=O) groups excluding carboxylic acids is 1. The number of ether oxygens (including phenoxy) is 1. The smallest absolute Gasteiger partial charge is 0.351 e. The van der Waals surface area contributed by atoms with Gasteiger partial charge in [0.05, 0.1) is 10.4 Å². The van der Waals surface area contributed by atoms with Gasteiger partial charge in [-0.2, -0.15) is 0 Å². The first-order valence-electron chi connectivity index (χ1n) is 7.20. The SMILES string of the molecule is O=C1O/C(=C/c2ccnc3ccccc23)c2cccc([N+](=O)[O-])c21. The molecule has 0 saturated heterocycles. The number of pyridine rings is 1. The topological polar surface area (TPSA) is 82.3 Å². The number of fused-ring (bicyclic) bond motifs is 2. The van der Waals surface area contributed by atoms with Crippen LogP contribution in [0.15, 0.2) is 54.7 Å². The van der Waals surface area contributed by atoms with E-state index in [1.165, 1.54) is 12.1 Å². The van der Waals surface area contributed by atoms with Crippen LogP contribution in [0, 0.1) is 10.1 Å². The van der Waals surface area contributed by atoms with E-state index in [4.69, 9.17) is 4.74 Å². The van der Waals surface area contributed by atoms with E-state index in [9.17, 15) is 14.9 Å². The number of nitrogens with zero attached hydrogens (tertiary/aromatic N) is 2. The molecule has 0 atom stereocenters. The number of nitro benzene ring substituents is 1. The number of carbonyl (C=O) groups is 1. The van der Waals surface area contributed by atoms with Crippen molar-refractivity contribution in [2.75, 3.05) is 0 Å². The van der Waals surface area contributed by atoms with Crippen molar-refractivity contribution in [2.24, 2.45) is 0 Å². The minimum atomic E-state index is -0.707. The Balaban J connectivity index is 1.91. The number of esters is 1. The summed E-state index contributed by atoms with van der Waals surface area (Å²) in [6, 6.07) is 13.9. The van der Waals surface area contributed by atoms with E-state index < -0.39 is 10.9 Å². The van der Waals surface area contributed by atoms with Crippen LogP contribution in [0.5, 0.6) is 0 Å².